The van der Waals surface area contributed by atoms with Crippen LogP contribution in [0.5, 0.6) is 5.75 Å². The number of fused-ring (bicyclic) bond motifs is 1. The number of ether oxygens (including phenoxy) is 1. The second kappa shape index (κ2) is 7.96. The lowest BCUT2D eigenvalue weighted by Crippen LogP contribution is -1.99. The molecule has 0 aliphatic rings. The Labute approximate surface area is 164 Å². The van der Waals surface area contributed by atoms with Crippen molar-refractivity contribution in [1.29, 1.82) is 0 Å². The average molecular weight is 370 g/mol. The van der Waals surface area contributed by atoms with Crippen molar-refractivity contribution in [3.8, 4) is 5.75 Å². The number of para-hydroxylation sites is 1. The molecule has 28 heavy (non-hydrogen) atoms. The average Bonchev–Trinajstić information content (AvgIpc) is 3.10. The van der Waals surface area contributed by atoms with Crippen molar-refractivity contribution < 1.29 is 4.74 Å². The van der Waals surface area contributed by atoms with Crippen LogP contribution >= 0.6 is 0 Å². The molecule has 0 aliphatic heterocycles. The van der Waals surface area contributed by atoms with Crippen molar-refractivity contribution in [2.45, 2.75) is 20.5 Å². The van der Waals surface area contributed by atoms with E-state index >= 15 is 0 Å². The molecule has 1 aromatic heterocycles. The van der Waals surface area contributed by atoms with Crippen molar-refractivity contribution in [3.05, 3.63) is 89.0 Å². The van der Waals surface area contributed by atoms with Gasteiger partial charge in [0, 0.05) is 5.56 Å². The number of nitrogens with zero attached hydrogens (tertiary/aromatic N) is 2. The van der Waals surface area contributed by atoms with E-state index in [1.54, 1.807) is 6.21 Å². The summed E-state index contributed by atoms with van der Waals surface area (Å²) in [5, 5.41) is 4.31. The van der Waals surface area contributed by atoms with Crippen molar-refractivity contribution in [2.75, 3.05) is 5.43 Å². The summed E-state index contributed by atoms with van der Waals surface area (Å²) >= 11 is 0. The van der Waals surface area contributed by atoms with Crippen LogP contribution in [0.2, 0.25) is 0 Å². The summed E-state index contributed by atoms with van der Waals surface area (Å²) < 4.78 is 5.98. The fourth-order valence-electron chi connectivity index (χ4n) is 2.90. The highest BCUT2D eigenvalue weighted by Crippen LogP contribution is 2.19. The van der Waals surface area contributed by atoms with Gasteiger partial charge in [-0.05, 0) is 49.2 Å². The van der Waals surface area contributed by atoms with E-state index in [2.05, 4.69) is 64.7 Å². The van der Waals surface area contributed by atoms with E-state index in [4.69, 9.17) is 4.74 Å². The van der Waals surface area contributed by atoms with Crippen molar-refractivity contribution in [2.24, 2.45) is 5.10 Å². The van der Waals surface area contributed by atoms with Crippen LogP contribution in [-0.2, 0) is 6.61 Å². The van der Waals surface area contributed by atoms with Crippen LogP contribution in [0, 0.1) is 13.8 Å². The number of nitrogens with one attached hydrogen (secondary N) is 2. The molecular weight excluding hydrogens is 348 g/mol. The third kappa shape index (κ3) is 4.20. The first kappa shape index (κ1) is 17.8. The van der Waals surface area contributed by atoms with Crippen LogP contribution in [-0.4, -0.2) is 16.2 Å². The summed E-state index contributed by atoms with van der Waals surface area (Å²) in [6, 6.07) is 22.3. The van der Waals surface area contributed by atoms with Gasteiger partial charge in [-0.2, -0.15) is 5.10 Å². The molecule has 0 spiro atoms. The van der Waals surface area contributed by atoms with Gasteiger partial charge in [-0.25, -0.2) is 10.4 Å². The lowest BCUT2D eigenvalue weighted by atomic mass is 10.1. The van der Waals surface area contributed by atoms with E-state index < -0.39 is 0 Å². The molecule has 0 atom stereocenters. The van der Waals surface area contributed by atoms with Gasteiger partial charge in [-0.3, -0.25) is 0 Å². The molecule has 0 bridgehead atoms. The number of anilines is 1. The number of hydrazone groups is 1. The molecule has 5 heteroatoms. The second-order valence-electron chi connectivity index (χ2n) is 6.79. The number of aromatic nitrogens is 2. The van der Waals surface area contributed by atoms with Gasteiger partial charge in [-0.1, -0.05) is 48.0 Å². The normalized spacial score (nSPS) is 11.2. The fourth-order valence-corrected chi connectivity index (χ4v) is 2.90. The molecule has 4 rings (SSSR count). The molecule has 0 saturated carbocycles. The molecule has 0 amide bonds. The maximum atomic E-state index is 5.98. The van der Waals surface area contributed by atoms with Gasteiger partial charge in [0.2, 0.25) is 5.95 Å². The number of imidazole rings is 1. The molecule has 0 fully saturated rings. The number of hydrogen-bond acceptors (Lipinski definition) is 4. The third-order valence-corrected chi connectivity index (χ3v) is 4.45. The molecule has 3 aromatic carbocycles. The highest BCUT2D eigenvalue weighted by Gasteiger charge is 2.03. The van der Waals surface area contributed by atoms with E-state index in [9.17, 15) is 0 Å². The minimum absolute atomic E-state index is 0.515. The summed E-state index contributed by atoms with van der Waals surface area (Å²) in [5.74, 6) is 1.39. The van der Waals surface area contributed by atoms with Crippen molar-refractivity contribution in [3.63, 3.8) is 0 Å². The Balaban J connectivity index is 1.44. The zero-order chi connectivity index (χ0) is 19.3. The third-order valence-electron chi connectivity index (χ3n) is 4.45. The van der Waals surface area contributed by atoms with Gasteiger partial charge in [-0.15, -0.1) is 0 Å². The van der Waals surface area contributed by atoms with E-state index in [0.717, 1.165) is 27.9 Å². The largest absolute Gasteiger partial charge is 0.488 e. The first-order valence-corrected chi connectivity index (χ1v) is 9.20. The van der Waals surface area contributed by atoms with E-state index in [1.807, 2.05) is 36.4 Å². The quantitative estimate of drug-likeness (QED) is 0.362. The second-order valence-corrected chi connectivity index (χ2v) is 6.79. The Bertz CT molecular complexity index is 1110. The SMILES string of the molecule is Cc1ccc(COc2ccccc2/C=N\Nc2nc3ccc(C)cc3[nH]2)cc1. The summed E-state index contributed by atoms with van der Waals surface area (Å²) in [6.07, 6.45) is 1.74. The van der Waals surface area contributed by atoms with Crippen LogP contribution in [0.1, 0.15) is 22.3 Å². The zero-order valence-electron chi connectivity index (χ0n) is 15.9. The molecule has 140 valence electrons. The van der Waals surface area contributed by atoms with Crippen molar-refractivity contribution >= 4 is 23.2 Å². The lowest BCUT2D eigenvalue weighted by Gasteiger charge is -2.09. The number of aryl methyl sites for hydroxylation is 2. The summed E-state index contributed by atoms with van der Waals surface area (Å²) in [6.45, 7) is 4.65. The van der Waals surface area contributed by atoms with Crippen LogP contribution in [0.25, 0.3) is 11.0 Å². The number of rotatable bonds is 6. The molecule has 1 heterocycles. The highest BCUT2D eigenvalue weighted by atomic mass is 16.5. The molecule has 4 aromatic rings. The monoisotopic (exact) mass is 370 g/mol. The number of aromatic amines is 1. The highest BCUT2D eigenvalue weighted by molar-refractivity contribution is 5.84. The number of H-pyrrole nitrogens is 1. The number of benzene rings is 3. The standard InChI is InChI=1S/C23H22N4O/c1-16-7-10-18(11-8-16)15-28-22-6-4-3-5-19(22)14-24-27-23-25-20-12-9-17(2)13-21(20)26-23/h3-14H,15H2,1-2H3,(H2,25,26,27)/b24-14-. The zero-order valence-corrected chi connectivity index (χ0v) is 15.9. The molecule has 0 aliphatic carbocycles. The Hall–Kier alpha value is -3.60. The van der Waals surface area contributed by atoms with Gasteiger partial charge in [0.25, 0.3) is 0 Å². The molecule has 2 N–H and O–H groups in total. The minimum atomic E-state index is 0.515. The predicted octanol–water partition coefficient (Wildman–Crippen LogP) is 5.20. The van der Waals surface area contributed by atoms with Gasteiger partial charge in [0.1, 0.15) is 12.4 Å². The van der Waals surface area contributed by atoms with Crippen molar-refractivity contribution in [1.82, 2.24) is 9.97 Å². The fraction of sp³-hybridized carbons (Fsp3) is 0.130. The number of hydrogen-bond donors (Lipinski definition) is 2. The van der Waals surface area contributed by atoms with Gasteiger partial charge >= 0.3 is 0 Å². The molecule has 5 nitrogen and oxygen atoms in total. The van der Waals surface area contributed by atoms with Crippen LogP contribution in [0.3, 0.4) is 0 Å². The summed E-state index contributed by atoms with van der Waals surface area (Å²) in [4.78, 5) is 7.70. The Morgan fingerprint density at radius 1 is 1.00 bits per heavy atom. The molecule has 0 saturated heterocycles. The predicted molar refractivity (Wildman–Crippen MR) is 114 cm³/mol. The Kier molecular flexibility index (Phi) is 5.06. The topological polar surface area (TPSA) is 62.3 Å². The van der Waals surface area contributed by atoms with Gasteiger partial charge in [0.05, 0.1) is 17.2 Å². The maximum Gasteiger partial charge on any atom is 0.222 e. The summed E-state index contributed by atoms with van der Waals surface area (Å²) in [5.41, 5.74) is 9.30. The van der Waals surface area contributed by atoms with Gasteiger partial charge in [0.15, 0.2) is 0 Å². The first-order valence-electron chi connectivity index (χ1n) is 9.20. The lowest BCUT2D eigenvalue weighted by molar-refractivity contribution is 0.306. The molecule has 0 unspecified atom stereocenters. The Morgan fingerprint density at radius 2 is 1.79 bits per heavy atom. The van der Waals surface area contributed by atoms with Crippen LogP contribution in [0.4, 0.5) is 5.95 Å². The van der Waals surface area contributed by atoms with E-state index in [-0.39, 0.29) is 0 Å². The summed E-state index contributed by atoms with van der Waals surface area (Å²) in [7, 11) is 0. The van der Waals surface area contributed by atoms with Crippen LogP contribution < -0.4 is 10.2 Å². The molecular formula is C23H22N4O. The minimum Gasteiger partial charge on any atom is -0.488 e. The Morgan fingerprint density at radius 3 is 2.64 bits per heavy atom. The maximum absolute atomic E-state index is 5.98. The van der Waals surface area contributed by atoms with E-state index in [0.29, 0.717) is 12.6 Å². The van der Waals surface area contributed by atoms with E-state index in [1.165, 1.54) is 11.1 Å². The first-order chi connectivity index (χ1) is 13.7. The van der Waals surface area contributed by atoms with Gasteiger partial charge < -0.3 is 9.72 Å². The van der Waals surface area contributed by atoms with Crippen LogP contribution in [0.15, 0.2) is 71.8 Å². The smallest absolute Gasteiger partial charge is 0.222 e. The molecule has 0 radical (unpaired) electrons.